The molecule has 1 saturated heterocycles. The highest BCUT2D eigenvalue weighted by molar-refractivity contribution is 5.89. The molecular formula is C17H22N2O2. The molecular weight excluding hydrogens is 264 g/mol. The third kappa shape index (κ3) is 5.13. The van der Waals surface area contributed by atoms with Crippen molar-refractivity contribution in [3.63, 3.8) is 0 Å². The number of nitrogens with zero attached hydrogens (tertiary/aromatic N) is 1. The molecule has 4 heteroatoms. The van der Waals surface area contributed by atoms with Gasteiger partial charge in [-0.05, 0) is 31.0 Å². The monoisotopic (exact) mass is 286 g/mol. The summed E-state index contributed by atoms with van der Waals surface area (Å²) in [7, 11) is 0. The van der Waals surface area contributed by atoms with E-state index >= 15 is 0 Å². The average Bonchev–Trinajstić information content (AvgIpc) is 2.77. The summed E-state index contributed by atoms with van der Waals surface area (Å²) >= 11 is 0. The molecule has 0 aromatic heterocycles. The molecule has 0 unspecified atom stereocenters. The Labute approximate surface area is 126 Å². The van der Waals surface area contributed by atoms with E-state index in [0.717, 1.165) is 37.2 Å². The molecule has 0 atom stereocenters. The van der Waals surface area contributed by atoms with Gasteiger partial charge in [0.2, 0.25) is 0 Å². The fourth-order valence-electron chi connectivity index (χ4n) is 2.37. The Hall–Kier alpha value is -1.99. The molecule has 0 radical (unpaired) electrons. The van der Waals surface area contributed by atoms with E-state index in [4.69, 9.17) is 5.11 Å². The summed E-state index contributed by atoms with van der Waals surface area (Å²) in [5.41, 5.74) is 1.61. The average molecular weight is 286 g/mol. The fraction of sp³-hybridized carbons (Fsp3) is 0.471. The molecule has 1 aromatic carbocycles. The first-order valence-corrected chi connectivity index (χ1v) is 7.55. The van der Waals surface area contributed by atoms with Crippen LogP contribution in [0.1, 0.15) is 37.7 Å². The summed E-state index contributed by atoms with van der Waals surface area (Å²) in [5, 5.41) is 11.7. The predicted molar refractivity (Wildman–Crippen MR) is 84.1 cm³/mol. The van der Waals surface area contributed by atoms with Gasteiger partial charge in [0.25, 0.3) is 0 Å². The van der Waals surface area contributed by atoms with E-state index in [1.807, 2.05) is 29.2 Å². The molecule has 0 saturated carbocycles. The van der Waals surface area contributed by atoms with Gasteiger partial charge in [0.15, 0.2) is 0 Å². The number of carbonyl (C=O) groups is 1. The second-order valence-electron chi connectivity index (χ2n) is 5.19. The van der Waals surface area contributed by atoms with Crippen LogP contribution in [0.4, 0.5) is 10.5 Å². The first-order valence-electron chi connectivity index (χ1n) is 7.55. The number of aliphatic hydroxyl groups is 1. The zero-order chi connectivity index (χ0) is 14.9. The lowest BCUT2D eigenvalue weighted by Gasteiger charge is -2.20. The maximum Gasteiger partial charge on any atom is 0.321 e. The van der Waals surface area contributed by atoms with Gasteiger partial charge in [-0.2, -0.15) is 0 Å². The van der Waals surface area contributed by atoms with Crippen molar-refractivity contribution in [1.29, 1.82) is 0 Å². The van der Waals surface area contributed by atoms with Crippen LogP contribution < -0.4 is 5.32 Å². The molecule has 0 spiro atoms. The van der Waals surface area contributed by atoms with Gasteiger partial charge in [-0.3, -0.25) is 0 Å². The fourth-order valence-corrected chi connectivity index (χ4v) is 2.37. The first kappa shape index (κ1) is 15.4. The maximum atomic E-state index is 12.2. The van der Waals surface area contributed by atoms with Crippen LogP contribution in [0.25, 0.3) is 0 Å². The van der Waals surface area contributed by atoms with Crippen LogP contribution in [0.3, 0.4) is 0 Å². The number of rotatable bonds is 2. The summed E-state index contributed by atoms with van der Waals surface area (Å²) in [6, 6.07) is 7.47. The second kappa shape index (κ2) is 8.33. The van der Waals surface area contributed by atoms with Gasteiger partial charge in [0, 0.05) is 30.8 Å². The SMILES string of the molecule is O=C(Nc1cccc(C#CCCO)c1)N1CCCCCC1. The Morgan fingerprint density at radius 1 is 1.24 bits per heavy atom. The maximum absolute atomic E-state index is 12.2. The molecule has 4 nitrogen and oxygen atoms in total. The van der Waals surface area contributed by atoms with Gasteiger partial charge >= 0.3 is 6.03 Å². The normalized spacial score (nSPS) is 14.8. The summed E-state index contributed by atoms with van der Waals surface area (Å²) in [6.07, 6.45) is 5.05. The zero-order valence-corrected chi connectivity index (χ0v) is 12.3. The molecule has 2 rings (SSSR count). The minimum Gasteiger partial charge on any atom is -0.395 e. The van der Waals surface area contributed by atoms with Crippen LogP contribution in [-0.2, 0) is 0 Å². The van der Waals surface area contributed by atoms with Gasteiger partial charge in [-0.1, -0.05) is 30.7 Å². The molecule has 2 N–H and O–H groups in total. The van der Waals surface area contributed by atoms with Crippen LogP contribution in [-0.4, -0.2) is 35.7 Å². The smallest absolute Gasteiger partial charge is 0.321 e. The standard InChI is InChI=1S/C17H22N2O2/c20-13-6-3-8-15-9-7-10-16(14-15)18-17(21)19-11-4-1-2-5-12-19/h7,9-10,14,20H,1-2,4-6,11-13H2,(H,18,21). The van der Waals surface area contributed by atoms with Gasteiger partial charge in [0.05, 0.1) is 6.61 Å². The third-order valence-corrected chi connectivity index (χ3v) is 3.48. The Morgan fingerprint density at radius 3 is 2.71 bits per heavy atom. The second-order valence-corrected chi connectivity index (χ2v) is 5.19. The minimum atomic E-state index is -0.0302. The molecule has 1 aliphatic rings. The number of hydrogen-bond donors (Lipinski definition) is 2. The van der Waals surface area contributed by atoms with Crippen LogP contribution >= 0.6 is 0 Å². The summed E-state index contributed by atoms with van der Waals surface area (Å²) in [4.78, 5) is 14.1. The van der Waals surface area contributed by atoms with E-state index in [9.17, 15) is 4.79 Å². The van der Waals surface area contributed by atoms with Crippen molar-refractivity contribution in [2.24, 2.45) is 0 Å². The van der Waals surface area contributed by atoms with Crippen molar-refractivity contribution in [3.8, 4) is 11.8 Å². The third-order valence-electron chi connectivity index (χ3n) is 3.48. The van der Waals surface area contributed by atoms with Crippen LogP contribution in [0.2, 0.25) is 0 Å². The Bertz CT molecular complexity index is 523. The summed E-state index contributed by atoms with van der Waals surface area (Å²) in [5.74, 6) is 5.85. The summed E-state index contributed by atoms with van der Waals surface area (Å²) < 4.78 is 0. The van der Waals surface area contributed by atoms with Crippen molar-refractivity contribution in [1.82, 2.24) is 4.90 Å². The first-order chi connectivity index (χ1) is 10.3. The molecule has 112 valence electrons. The zero-order valence-electron chi connectivity index (χ0n) is 12.3. The number of hydrogen-bond acceptors (Lipinski definition) is 2. The highest BCUT2D eigenvalue weighted by Gasteiger charge is 2.15. The Morgan fingerprint density at radius 2 is 2.00 bits per heavy atom. The van der Waals surface area contributed by atoms with Crippen molar-refractivity contribution in [2.45, 2.75) is 32.1 Å². The van der Waals surface area contributed by atoms with E-state index in [0.29, 0.717) is 6.42 Å². The number of carbonyl (C=O) groups excluding carboxylic acids is 1. The number of nitrogens with one attached hydrogen (secondary N) is 1. The number of urea groups is 1. The van der Waals surface area contributed by atoms with E-state index in [1.165, 1.54) is 12.8 Å². The Kier molecular flexibility index (Phi) is 6.11. The number of amides is 2. The van der Waals surface area contributed by atoms with Crippen molar-refractivity contribution >= 4 is 11.7 Å². The van der Waals surface area contributed by atoms with Gasteiger partial charge < -0.3 is 15.3 Å². The van der Waals surface area contributed by atoms with E-state index < -0.39 is 0 Å². The van der Waals surface area contributed by atoms with Gasteiger partial charge in [-0.15, -0.1) is 0 Å². The molecule has 21 heavy (non-hydrogen) atoms. The van der Waals surface area contributed by atoms with Gasteiger partial charge in [-0.25, -0.2) is 4.79 Å². The van der Waals surface area contributed by atoms with E-state index in [-0.39, 0.29) is 12.6 Å². The molecule has 1 aliphatic heterocycles. The van der Waals surface area contributed by atoms with Crippen molar-refractivity contribution < 1.29 is 9.90 Å². The molecule has 0 aliphatic carbocycles. The lowest BCUT2D eigenvalue weighted by molar-refractivity contribution is 0.214. The van der Waals surface area contributed by atoms with Crippen LogP contribution in [0, 0.1) is 11.8 Å². The van der Waals surface area contributed by atoms with Crippen LogP contribution in [0.15, 0.2) is 24.3 Å². The number of anilines is 1. The Balaban J connectivity index is 1.97. The molecule has 0 bridgehead atoms. The topological polar surface area (TPSA) is 52.6 Å². The quantitative estimate of drug-likeness (QED) is 0.821. The van der Waals surface area contributed by atoms with E-state index in [1.54, 1.807) is 0 Å². The predicted octanol–water partition coefficient (Wildman–Crippen LogP) is 2.83. The lowest BCUT2D eigenvalue weighted by atomic mass is 10.2. The lowest BCUT2D eigenvalue weighted by Crippen LogP contribution is -2.35. The largest absolute Gasteiger partial charge is 0.395 e. The van der Waals surface area contributed by atoms with Crippen molar-refractivity contribution in [2.75, 3.05) is 25.0 Å². The van der Waals surface area contributed by atoms with E-state index in [2.05, 4.69) is 17.2 Å². The molecule has 1 aromatic rings. The highest BCUT2D eigenvalue weighted by Crippen LogP contribution is 2.14. The van der Waals surface area contributed by atoms with Gasteiger partial charge in [0.1, 0.15) is 0 Å². The molecule has 1 heterocycles. The summed E-state index contributed by atoms with van der Waals surface area (Å²) in [6.45, 7) is 1.74. The minimum absolute atomic E-state index is 0.0302. The molecule has 1 fully saturated rings. The van der Waals surface area contributed by atoms with Crippen LogP contribution in [0.5, 0.6) is 0 Å². The number of benzene rings is 1. The number of aliphatic hydroxyl groups excluding tert-OH is 1. The van der Waals surface area contributed by atoms with Crippen molar-refractivity contribution in [3.05, 3.63) is 29.8 Å². The highest BCUT2D eigenvalue weighted by atomic mass is 16.2. The number of likely N-dealkylation sites (tertiary alicyclic amines) is 1. The molecule has 2 amide bonds.